The van der Waals surface area contributed by atoms with E-state index in [0.29, 0.717) is 24.0 Å². The van der Waals surface area contributed by atoms with Crippen LogP contribution in [0.5, 0.6) is 5.75 Å². The van der Waals surface area contributed by atoms with Crippen LogP contribution < -0.4 is 21.3 Å². The average molecular weight is 963 g/mol. The van der Waals surface area contributed by atoms with Gasteiger partial charge in [0.25, 0.3) is 17.7 Å². The summed E-state index contributed by atoms with van der Waals surface area (Å²) in [5, 5.41) is 36.5. The van der Waals surface area contributed by atoms with Gasteiger partial charge in [-0.1, -0.05) is 62.3 Å². The van der Waals surface area contributed by atoms with Crippen molar-refractivity contribution in [3.8, 4) is 27.5 Å². The van der Waals surface area contributed by atoms with Crippen LogP contribution in [0, 0.1) is 12.3 Å². The summed E-state index contributed by atoms with van der Waals surface area (Å²) in [4.78, 5) is 87.4. The molecule has 2 aliphatic rings. The van der Waals surface area contributed by atoms with Crippen LogP contribution in [0.25, 0.3) is 21.8 Å². The molecule has 1 aliphatic carbocycles. The van der Waals surface area contributed by atoms with Crippen LogP contribution in [-0.4, -0.2) is 124 Å². The third-order valence-electron chi connectivity index (χ3n) is 12.2. The Balaban J connectivity index is 0.844. The van der Waals surface area contributed by atoms with Gasteiger partial charge in [0, 0.05) is 63.8 Å². The molecule has 364 valence electrons. The van der Waals surface area contributed by atoms with E-state index in [1.807, 2.05) is 58.0 Å². The number of phenols is 1. The first-order valence-corrected chi connectivity index (χ1v) is 23.6. The summed E-state index contributed by atoms with van der Waals surface area (Å²) in [5.41, 5.74) is 6.70. The highest BCUT2D eigenvalue weighted by atomic mass is 32.1. The molecule has 2 aromatic heterocycles. The molecule has 6 amide bonds. The van der Waals surface area contributed by atoms with E-state index >= 15 is 0 Å². The van der Waals surface area contributed by atoms with E-state index in [2.05, 4.69) is 31.4 Å². The van der Waals surface area contributed by atoms with Gasteiger partial charge in [0.1, 0.15) is 17.8 Å². The SMILES string of the molecule is Cc1ncsc1-c1ccc(CNC(=O)[C@@H]2C[C@@H](O)CN2C(=O)C(NC(=O)CCOCCNC(=O)c2ccc3c(c2)[C@H](NC(=O)c2cc(-c4ccc(C(=O)N(C)C)c(O)c4)on2)CC3)C(C)(C)C)cc1. The summed E-state index contributed by atoms with van der Waals surface area (Å²) in [6.45, 7) is 7.87. The minimum atomic E-state index is -0.990. The van der Waals surface area contributed by atoms with Crippen molar-refractivity contribution in [3.05, 3.63) is 111 Å². The second kappa shape index (κ2) is 21.6. The minimum Gasteiger partial charge on any atom is -0.507 e. The van der Waals surface area contributed by atoms with Crippen LogP contribution in [0.3, 0.4) is 0 Å². The Hall–Kier alpha value is -6.96. The predicted molar refractivity (Wildman–Crippen MR) is 256 cm³/mol. The molecule has 69 heavy (non-hydrogen) atoms. The van der Waals surface area contributed by atoms with Gasteiger partial charge in [-0.15, -0.1) is 11.3 Å². The maximum Gasteiger partial charge on any atom is 0.273 e. The second-order valence-electron chi connectivity index (χ2n) is 18.5. The smallest absolute Gasteiger partial charge is 0.273 e. The molecule has 7 rings (SSSR count). The predicted octanol–water partition coefficient (Wildman–Crippen LogP) is 4.54. The number of ether oxygens (including phenoxy) is 1. The highest BCUT2D eigenvalue weighted by molar-refractivity contribution is 7.13. The van der Waals surface area contributed by atoms with Gasteiger partial charge in [0.2, 0.25) is 17.7 Å². The van der Waals surface area contributed by atoms with Gasteiger partial charge in [-0.05, 0) is 71.7 Å². The molecule has 1 fully saturated rings. The van der Waals surface area contributed by atoms with Crippen molar-refractivity contribution in [1.29, 1.82) is 0 Å². The molecule has 3 heterocycles. The Kier molecular flexibility index (Phi) is 15.6. The van der Waals surface area contributed by atoms with Gasteiger partial charge >= 0.3 is 0 Å². The van der Waals surface area contributed by atoms with Gasteiger partial charge < -0.3 is 50.5 Å². The number of aliphatic hydroxyl groups excluding tert-OH is 1. The van der Waals surface area contributed by atoms with Crippen molar-refractivity contribution in [3.63, 3.8) is 0 Å². The quantitative estimate of drug-likeness (QED) is 0.0704. The normalized spacial score (nSPS) is 16.9. The number of aromatic nitrogens is 2. The Morgan fingerprint density at radius 1 is 0.957 bits per heavy atom. The number of nitrogens with zero attached hydrogens (tertiary/aromatic N) is 4. The van der Waals surface area contributed by atoms with Crippen LogP contribution in [0.4, 0.5) is 0 Å². The highest BCUT2D eigenvalue weighted by Gasteiger charge is 2.44. The van der Waals surface area contributed by atoms with Crippen LogP contribution in [0.2, 0.25) is 0 Å². The van der Waals surface area contributed by atoms with Crippen molar-refractivity contribution in [2.75, 3.05) is 40.4 Å². The Bertz CT molecular complexity index is 2710. The summed E-state index contributed by atoms with van der Waals surface area (Å²) in [6, 6.07) is 16.7. The maximum absolute atomic E-state index is 14.0. The lowest BCUT2D eigenvalue weighted by Gasteiger charge is -2.35. The van der Waals surface area contributed by atoms with Crippen molar-refractivity contribution < 1.29 is 48.2 Å². The number of fused-ring (bicyclic) bond motifs is 1. The molecule has 5 aromatic rings. The molecule has 6 N–H and O–H groups in total. The van der Waals surface area contributed by atoms with E-state index in [4.69, 9.17) is 9.26 Å². The first-order valence-electron chi connectivity index (χ1n) is 22.7. The number of aromatic hydroxyl groups is 1. The topological polar surface area (TPSA) is 246 Å². The molecule has 1 saturated heterocycles. The minimum absolute atomic E-state index is 0.0186. The van der Waals surface area contributed by atoms with Gasteiger partial charge in [0.05, 0.1) is 47.0 Å². The molecule has 0 radical (unpaired) electrons. The first-order chi connectivity index (χ1) is 32.9. The number of likely N-dealkylation sites (tertiary alicyclic amines) is 1. The molecule has 1 unspecified atom stereocenters. The fraction of sp³-hybridized carbons (Fsp3) is 0.400. The molecule has 18 nitrogen and oxygen atoms in total. The van der Waals surface area contributed by atoms with E-state index < -0.39 is 47.2 Å². The number of phenolic OH excluding ortho intramolecular Hbond substituents is 1. The Labute approximate surface area is 403 Å². The van der Waals surface area contributed by atoms with Crippen LogP contribution in [-0.2, 0) is 32.1 Å². The second-order valence-corrected chi connectivity index (χ2v) is 19.4. The fourth-order valence-corrected chi connectivity index (χ4v) is 9.18. The Morgan fingerprint density at radius 2 is 1.71 bits per heavy atom. The monoisotopic (exact) mass is 962 g/mol. The lowest BCUT2D eigenvalue weighted by Crippen LogP contribution is -2.57. The molecule has 0 saturated carbocycles. The number of amides is 6. The lowest BCUT2D eigenvalue weighted by molar-refractivity contribution is -0.144. The number of β-amino-alcohol motifs (C(OH)–C–C–N with tert-alkyl or cyclic N) is 1. The largest absolute Gasteiger partial charge is 0.507 e. The van der Waals surface area contributed by atoms with Crippen molar-refractivity contribution in [2.24, 2.45) is 5.41 Å². The molecule has 3 aromatic carbocycles. The number of carbonyl (C=O) groups excluding carboxylic acids is 6. The number of benzene rings is 3. The molecule has 4 atom stereocenters. The third-order valence-corrected chi connectivity index (χ3v) is 13.1. The number of rotatable bonds is 17. The maximum atomic E-state index is 14.0. The van der Waals surface area contributed by atoms with E-state index in [9.17, 15) is 39.0 Å². The summed E-state index contributed by atoms with van der Waals surface area (Å²) in [6.07, 6.45) is 0.417. The zero-order valence-corrected chi connectivity index (χ0v) is 40.3. The fourth-order valence-electron chi connectivity index (χ4n) is 8.37. The number of hydrogen-bond acceptors (Lipinski definition) is 13. The summed E-state index contributed by atoms with van der Waals surface area (Å²) < 4.78 is 11.1. The number of nitrogens with one attached hydrogen (secondary N) is 4. The summed E-state index contributed by atoms with van der Waals surface area (Å²) in [7, 11) is 3.16. The van der Waals surface area contributed by atoms with Crippen molar-refractivity contribution in [1.82, 2.24) is 41.2 Å². The third kappa shape index (κ3) is 12.0. The molecule has 1 aliphatic heterocycles. The van der Waals surface area contributed by atoms with Crippen molar-refractivity contribution >= 4 is 46.8 Å². The first kappa shape index (κ1) is 49.9. The average Bonchev–Trinajstić information content (AvgIpc) is 4.15. The van der Waals surface area contributed by atoms with Gasteiger partial charge in [-0.3, -0.25) is 28.8 Å². The molecular formula is C50H58N8O10S. The molecule has 19 heteroatoms. The van der Waals surface area contributed by atoms with Gasteiger partial charge in [-0.2, -0.15) is 0 Å². The zero-order chi connectivity index (χ0) is 49.6. The number of aryl methyl sites for hydroxylation is 2. The van der Waals surface area contributed by atoms with E-state index in [-0.39, 0.29) is 86.3 Å². The van der Waals surface area contributed by atoms with E-state index in [0.717, 1.165) is 32.8 Å². The lowest BCUT2D eigenvalue weighted by atomic mass is 9.85. The number of hydrogen-bond donors (Lipinski definition) is 6. The van der Waals surface area contributed by atoms with Gasteiger partial charge in [-0.25, -0.2) is 4.98 Å². The van der Waals surface area contributed by atoms with Crippen LogP contribution in [0.1, 0.15) is 99.7 Å². The summed E-state index contributed by atoms with van der Waals surface area (Å²) in [5.74, 6) is -2.49. The number of thiazole rings is 1. The highest BCUT2D eigenvalue weighted by Crippen LogP contribution is 2.34. The van der Waals surface area contributed by atoms with Crippen LogP contribution >= 0.6 is 11.3 Å². The van der Waals surface area contributed by atoms with E-state index in [1.54, 1.807) is 49.1 Å². The molecule has 0 spiro atoms. The number of carbonyl (C=O) groups is 6. The van der Waals surface area contributed by atoms with Crippen molar-refractivity contribution in [2.45, 2.75) is 84.2 Å². The van der Waals surface area contributed by atoms with E-state index in [1.165, 1.54) is 28.0 Å². The zero-order valence-electron chi connectivity index (χ0n) is 39.5. The molecular weight excluding hydrogens is 905 g/mol. The van der Waals surface area contributed by atoms with Crippen LogP contribution in [0.15, 0.2) is 76.8 Å². The van der Waals surface area contributed by atoms with Gasteiger partial charge in [0.15, 0.2) is 11.5 Å². The standard InChI is InChI=1S/C50H58N8O10S/c1-28-43(69-27-53-28)31-9-7-29(8-10-31)25-52-47(64)39-23-34(59)26-58(39)49(66)44(50(2,3)4)55-42(61)17-19-67-20-18-51-45(62)33-12-11-30-14-16-37(36(30)21-33)54-46(63)38-24-41(68-56-38)32-13-15-35(40(60)22-32)48(65)57(5)6/h7-13,15,21-22,24,27,34,37,39,44,59-60H,14,16-20,23,25-26H2,1-6H3,(H,51,62)(H,52,64)(H,54,63)(H,55,61)/t34-,37-,39+,44?/m1/s1. The Morgan fingerprint density at radius 3 is 2.41 bits per heavy atom. The number of aliphatic hydroxyl groups is 1. The molecule has 0 bridgehead atoms. The summed E-state index contributed by atoms with van der Waals surface area (Å²) >= 11 is 1.56.